The molecule has 1 unspecified atom stereocenters. The molecule has 1 atom stereocenters. The summed E-state index contributed by atoms with van der Waals surface area (Å²) in [6.45, 7) is 3.61. The number of pyridine rings is 1. The highest BCUT2D eigenvalue weighted by Gasteiger charge is 2.20. The topological polar surface area (TPSA) is 63.6 Å². The monoisotopic (exact) mass is 318 g/mol. The van der Waals surface area contributed by atoms with Gasteiger partial charge in [0.05, 0.1) is 11.4 Å². The summed E-state index contributed by atoms with van der Waals surface area (Å²) < 4.78 is 2.04. The highest BCUT2D eigenvalue weighted by molar-refractivity contribution is 7.99. The van der Waals surface area contributed by atoms with Crippen LogP contribution in [0.2, 0.25) is 0 Å². The fraction of sp³-hybridized carbons (Fsp3) is 0.500. The molecule has 0 aromatic carbocycles. The molecular weight excluding hydrogens is 296 g/mol. The summed E-state index contributed by atoms with van der Waals surface area (Å²) in [5.41, 5.74) is 9.10. The minimum Gasteiger partial charge on any atom is -0.340 e. The van der Waals surface area contributed by atoms with Crippen molar-refractivity contribution >= 4 is 23.3 Å². The fourth-order valence-corrected chi connectivity index (χ4v) is 3.60. The van der Waals surface area contributed by atoms with Crippen LogP contribution in [0.1, 0.15) is 24.1 Å². The van der Waals surface area contributed by atoms with Gasteiger partial charge in [0.2, 0.25) is 5.91 Å². The highest BCUT2D eigenvalue weighted by Crippen LogP contribution is 2.16. The number of aromatic nitrogens is 2. The Morgan fingerprint density at radius 3 is 3.14 bits per heavy atom. The molecule has 0 saturated carbocycles. The van der Waals surface area contributed by atoms with Gasteiger partial charge in [0.25, 0.3) is 0 Å². The summed E-state index contributed by atoms with van der Waals surface area (Å²) in [5, 5.41) is 0. The van der Waals surface area contributed by atoms with E-state index in [1.54, 1.807) is 11.8 Å². The quantitative estimate of drug-likeness (QED) is 0.934. The molecule has 1 aliphatic rings. The van der Waals surface area contributed by atoms with Crippen molar-refractivity contribution in [3.8, 4) is 0 Å². The van der Waals surface area contributed by atoms with Gasteiger partial charge in [-0.05, 0) is 31.4 Å². The van der Waals surface area contributed by atoms with Crippen LogP contribution in [0.15, 0.2) is 24.5 Å². The Morgan fingerprint density at radius 1 is 1.45 bits per heavy atom. The van der Waals surface area contributed by atoms with Gasteiger partial charge in [-0.25, -0.2) is 4.98 Å². The van der Waals surface area contributed by atoms with Crippen LogP contribution >= 0.6 is 11.8 Å². The average Bonchev–Trinajstić information content (AvgIpc) is 2.89. The van der Waals surface area contributed by atoms with E-state index in [2.05, 4.69) is 24.2 Å². The zero-order chi connectivity index (χ0) is 15.5. The van der Waals surface area contributed by atoms with Crippen LogP contribution < -0.4 is 5.73 Å². The van der Waals surface area contributed by atoms with Gasteiger partial charge < -0.3 is 15.0 Å². The van der Waals surface area contributed by atoms with Gasteiger partial charge in [0, 0.05) is 37.3 Å². The standard InChI is InChI=1S/C16H22N4OS/c1-12-4-5-15-18-14(9-20(15)7-12)10-22-11-16(21)19-6-2-3-13(17)8-19/h4-5,7,9,13H,2-3,6,8,10-11,17H2,1H3. The van der Waals surface area contributed by atoms with Gasteiger partial charge in [-0.3, -0.25) is 4.79 Å². The average molecular weight is 318 g/mol. The van der Waals surface area contributed by atoms with E-state index in [0.717, 1.165) is 36.5 Å². The van der Waals surface area contributed by atoms with E-state index in [0.29, 0.717) is 12.3 Å². The maximum atomic E-state index is 12.2. The molecule has 1 saturated heterocycles. The molecule has 2 N–H and O–H groups in total. The molecular formula is C16H22N4OS. The molecule has 1 aliphatic heterocycles. The number of nitrogens with two attached hydrogens (primary N) is 1. The number of imidazole rings is 1. The van der Waals surface area contributed by atoms with Gasteiger partial charge in [0.1, 0.15) is 5.65 Å². The number of rotatable bonds is 4. The number of carbonyl (C=O) groups is 1. The summed E-state index contributed by atoms with van der Waals surface area (Å²) in [6, 6.07) is 4.22. The van der Waals surface area contributed by atoms with E-state index in [-0.39, 0.29) is 11.9 Å². The van der Waals surface area contributed by atoms with E-state index < -0.39 is 0 Å². The van der Waals surface area contributed by atoms with Crippen molar-refractivity contribution in [2.75, 3.05) is 18.8 Å². The van der Waals surface area contributed by atoms with Crippen LogP contribution in [0, 0.1) is 6.92 Å². The second-order valence-corrected chi connectivity index (χ2v) is 6.92. The van der Waals surface area contributed by atoms with Crippen LogP contribution in [0.4, 0.5) is 0 Å². The molecule has 6 heteroatoms. The Bertz CT molecular complexity index is 669. The third-order valence-electron chi connectivity index (χ3n) is 3.93. The molecule has 5 nitrogen and oxygen atoms in total. The lowest BCUT2D eigenvalue weighted by atomic mass is 10.1. The van der Waals surface area contributed by atoms with Gasteiger partial charge >= 0.3 is 0 Å². The van der Waals surface area contributed by atoms with E-state index in [1.807, 2.05) is 21.6 Å². The molecule has 0 spiro atoms. The predicted molar refractivity (Wildman–Crippen MR) is 89.9 cm³/mol. The van der Waals surface area contributed by atoms with E-state index in [9.17, 15) is 4.79 Å². The molecule has 3 rings (SSSR count). The van der Waals surface area contributed by atoms with Gasteiger partial charge in [-0.2, -0.15) is 0 Å². The normalized spacial score (nSPS) is 18.8. The third kappa shape index (κ3) is 3.62. The van der Waals surface area contributed by atoms with Crippen LogP contribution in [-0.4, -0.2) is 45.1 Å². The van der Waals surface area contributed by atoms with Crippen molar-refractivity contribution < 1.29 is 4.79 Å². The van der Waals surface area contributed by atoms with Gasteiger partial charge in [-0.1, -0.05) is 6.07 Å². The Balaban J connectivity index is 1.52. The Morgan fingerprint density at radius 2 is 2.32 bits per heavy atom. The predicted octanol–water partition coefficient (Wildman–Crippen LogP) is 1.83. The SMILES string of the molecule is Cc1ccc2nc(CSCC(=O)N3CCCC(N)C3)cn2c1. The first-order valence-electron chi connectivity index (χ1n) is 7.67. The maximum Gasteiger partial charge on any atom is 0.232 e. The molecule has 3 heterocycles. The third-order valence-corrected chi connectivity index (χ3v) is 4.89. The Kier molecular flexibility index (Phi) is 4.69. The lowest BCUT2D eigenvalue weighted by Gasteiger charge is -2.30. The number of carbonyl (C=O) groups excluding carboxylic acids is 1. The number of likely N-dealkylation sites (tertiary alicyclic amines) is 1. The van der Waals surface area contributed by atoms with Crippen LogP contribution in [0.25, 0.3) is 5.65 Å². The van der Waals surface area contributed by atoms with Crippen molar-refractivity contribution in [1.82, 2.24) is 14.3 Å². The highest BCUT2D eigenvalue weighted by atomic mass is 32.2. The summed E-state index contributed by atoms with van der Waals surface area (Å²) in [5.74, 6) is 1.45. The van der Waals surface area contributed by atoms with Crippen molar-refractivity contribution in [3.63, 3.8) is 0 Å². The number of hydrogen-bond acceptors (Lipinski definition) is 4. The second kappa shape index (κ2) is 6.71. The van der Waals surface area contributed by atoms with Crippen LogP contribution in [-0.2, 0) is 10.5 Å². The summed E-state index contributed by atoms with van der Waals surface area (Å²) in [7, 11) is 0. The van der Waals surface area contributed by atoms with E-state index in [4.69, 9.17) is 5.73 Å². The van der Waals surface area contributed by atoms with Gasteiger partial charge in [0.15, 0.2) is 0 Å². The van der Waals surface area contributed by atoms with Crippen LogP contribution in [0.5, 0.6) is 0 Å². The first-order valence-corrected chi connectivity index (χ1v) is 8.82. The number of hydrogen-bond donors (Lipinski definition) is 1. The van der Waals surface area contributed by atoms with Crippen molar-refractivity contribution in [3.05, 3.63) is 35.8 Å². The molecule has 0 radical (unpaired) electrons. The first-order chi connectivity index (χ1) is 10.6. The Labute approximate surface area is 134 Å². The number of aryl methyl sites for hydroxylation is 1. The largest absolute Gasteiger partial charge is 0.340 e. The molecule has 2 aromatic rings. The molecule has 0 bridgehead atoms. The second-order valence-electron chi connectivity index (χ2n) is 5.94. The maximum absolute atomic E-state index is 12.2. The van der Waals surface area contributed by atoms with Crippen LogP contribution in [0.3, 0.4) is 0 Å². The van der Waals surface area contributed by atoms with E-state index >= 15 is 0 Å². The van der Waals surface area contributed by atoms with Crippen molar-refractivity contribution in [2.45, 2.75) is 31.6 Å². The number of nitrogens with zero attached hydrogens (tertiary/aromatic N) is 3. The number of thioether (sulfide) groups is 1. The first kappa shape index (κ1) is 15.4. The lowest BCUT2D eigenvalue weighted by Crippen LogP contribution is -2.46. The van der Waals surface area contributed by atoms with Crippen molar-refractivity contribution in [2.24, 2.45) is 5.73 Å². The number of fused-ring (bicyclic) bond motifs is 1. The molecule has 22 heavy (non-hydrogen) atoms. The molecule has 1 fully saturated rings. The zero-order valence-corrected chi connectivity index (χ0v) is 13.7. The number of amides is 1. The smallest absolute Gasteiger partial charge is 0.232 e. The summed E-state index contributed by atoms with van der Waals surface area (Å²) >= 11 is 1.62. The van der Waals surface area contributed by atoms with E-state index in [1.165, 1.54) is 5.56 Å². The summed E-state index contributed by atoms with van der Waals surface area (Å²) in [6.07, 6.45) is 6.15. The lowest BCUT2D eigenvalue weighted by molar-refractivity contribution is -0.129. The fourth-order valence-electron chi connectivity index (χ4n) is 2.80. The Hall–Kier alpha value is -1.53. The number of piperidine rings is 1. The molecule has 1 amide bonds. The van der Waals surface area contributed by atoms with Crippen molar-refractivity contribution in [1.29, 1.82) is 0 Å². The molecule has 118 valence electrons. The minimum atomic E-state index is 0.143. The minimum absolute atomic E-state index is 0.143. The zero-order valence-electron chi connectivity index (χ0n) is 12.9. The summed E-state index contributed by atoms with van der Waals surface area (Å²) in [4.78, 5) is 18.6. The molecule has 0 aliphatic carbocycles. The molecule has 2 aromatic heterocycles. The van der Waals surface area contributed by atoms with Gasteiger partial charge in [-0.15, -0.1) is 11.8 Å².